The van der Waals surface area contributed by atoms with Crippen LogP contribution in [0.3, 0.4) is 0 Å². The largest absolute Gasteiger partial charge is 0.369 e. The van der Waals surface area contributed by atoms with Crippen molar-refractivity contribution in [2.45, 2.75) is 97.6 Å². The molecule has 0 atom stereocenters. The van der Waals surface area contributed by atoms with Crippen molar-refractivity contribution in [2.75, 3.05) is 12.3 Å². The molecule has 0 aliphatic rings. The molecule has 0 radical (unpaired) electrons. The molecule has 36 heavy (non-hydrogen) atoms. The first-order valence-electron chi connectivity index (χ1n) is 13.7. The second kappa shape index (κ2) is 15.1. The van der Waals surface area contributed by atoms with E-state index in [9.17, 15) is 4.79 Å². The van der Waals surface area contributed by atoms with Crippen molar-refractivity contribution in [1.82, 2.24) is 29.9 Å². The molecule has 0 unspecified atom stereocenters. The smallest absolute Gasteiger partial charge is 0.251 e. The number of imidazole rings is 1. The number of hydrogen-bond acceptors (Lipinski definition) is 5. The van der Waals surface area contributed by atoms with E-state index in [-0.39, 0.29) is 5.91 Å². The van der Waals surface area contributed by atoms with Gasteiger partial charge in [0.2, 0.25) is 0 Å². The molecular formula is C28H43N7O. The van der Waals surface area contributed by atoms with Gasteiger partial charge in [0, 0.05) is 31.0 Å². The summed E-state index contributed by atoms with van der Waals surface area (Å²) in [6.45, 7) is 6.46. The third-order valence-electron chi connectivity index (χ3n) is 6.47. The number of aromatic nitrogens is 5. The second-order valence-electron chi connectivity index (χ2n) is 9.58. The Hall–Kier alpha value is -3.16. The summed E-state index contributed by atoms with van der Waals surface area (Å²) < 4.78 is 3.86. The lowest BCUT2D eigenvalue weighted by molar-refractivity contribution is 0.0952. The summed E-state index contributed by atoms with van der Waals surface area (Å²) in [4.78, 5) is 16.9. The molecule has 0 aliphatic heterocycles. The fourth-order valence-electron chi connectivity index (χ4n) is 4.25. The number of amides is 1. The van der Waals surface area contributed by atoms with Gasteiger partial charge in [0.1, 0.15) is 0 Å². The number of hydrogen-bond donors (Lipinski definition) is 2. The summed E-state index contributed by atoms with van der Waals surface area (Å²) in [5.74, 6) is 0.578. The molecule has 0 spiro atoms. The third kappa shape index (κ3) is 9.13. The molecule has 1 amide bonds. The van der Waals surface area contributed by atoms with Gasteiger partial charge in [-0.2, -0.15) is 0 Å². The molecule has 3 N–H and O–H groups in total. The Labute approximate surface area is 215 Å². The van der Waals surface area contributed by atoms with Crippen molar-refractivity contribution in [3.8, 4) is 0 Å². The van der Waals surface area contributed by atoms with Crippen molar-refractivity contribution < 1.29 is 4.79 Å². The number of carbonyl (C=O) groups excluding carboxylic acids is 1. The topological polar surface area (TPSA) is 104 Å². The standard InChI is InChI=1S/C28H43N7O/c1-3-5-8-11-23-14-16-24(17-15-23)27(36)30-18-20-35-22-26(32-33-35)13-10-7-9-12-25-21-34(19-6-4-2)28(29)31-25/h14-17,21-22H,3-13,18-20H2,1-2H3,(H2,29,31)(H,30,36). The van der Waals surface area contributed by atoms with Gasteiger partial charge >= 0.3 is 0 Å². The molecule has 2 heterocycles. The number of benzene rings is 1. The molecule has 3 aromatic rings. The number of aryl methyl sites for hydroxylation is 4. The van der Waals surface area contributed by atoms with E-state index in [1.54, 1.807) is 4.68 Å². The van der Waals surface area contributed by atoms with E-state index in [4.69, 9.17) is 5.73 Å². The van der Waals surface area contributed by atoms with Gasteiger partial charge in [-0.25, -0.2) is 4.98 Å². The first-order valence-corrected chi connectivity index (χ1v) is 13.7. The number of unbranched alkanes of at least 4 members (excludes halogenated alkanes) is 5. The fourth-order valence-corrected chi connectivity index (χ4v) is 4.25. The van der Waals surface area contributed by atoms with Gasteiger partial charge in [-0.1, -0.05) is 56.9 Å². The molecule has 0 aliphatic carbocycles. The Bertz CT molecular complexity index is 1040. The molecule has 3 rings (SSSR count). The summed E-state index contributed by atoms with van der Waals surface area (Å²) in [6.07, 6.45) is 16.2. The average molecular weight is 494 g/mol. The van der Waals surface area contributed by atoms with Gasteiger partial charge in [0.15, 0.2) is 5.95 Å². The first kappa shape index (κ1) is 27.4. The zero-order valence-corrected chi connectivity index (χ0v) is 22.1. The van der Waals surface area contributed by atoms with Crippen LogP contribution in [0.25, 0.3) is 0 Å². The van der Waals surface area contributed by atoms with Crippen LogP contribution in [-0.2, 0) is 32.4 Å². The van der Waals surface area contributed by atoms with E-state index >= 15 is 0 Å². The molecule has 8 heteroatoms. The molecule has 196 valence electrons. The van der Waals surface area contributed by atoms with E-state index in [1.807, 2.05) is 18.3 Å². The molecule has 8 nitrogen and oxygen atoms in total. The van der Waals surface area contributed by atoms with Gasteiger partial charge in [0.25, 0.3) is 5.91 Å². The zero-order chi connectivity index (χ0) is 25.6. The molecular weight excluding hydrogens is 450 g/mol. The SMILES string of the molecule is CCCCCc1ccc(C(=O)NCCn2cc(CCCCCc3cn(CCCC)c(N)n3)nn2)cc1. The van der Waals surface area contributed by atoms with Crippen LogP contribution in [0, 0.1) is 0 Å². The highest BCUT2D eigenvalue weighted by Gasteiger charge is 2.07. The van der Waals surface area contributed by atoms with E-state index in [1.165, 1.54) is 24.8 Å². The summed E-state index contributed by atoms with van der Waals surface area (Å²) in [7, 11) is 0. The average Bonchev–Trinajstić information content (AvgIpc) is 3.48. The predicted molar refractivity (Wildman–Crippen MR) is 145 cm³/mol. The highest BCUT2D eigenvalue weighted by molar-refractivity contribution is 5.94. The predicted octanol–water partition coefficient (Wildman–Crippen LogP) is 4.98. The highest BCUT2D eigenvalue weighted by Crippen LogP contribution is 2.12. The minimum Gasteiger partial charge on any atom is -0.369 e. The van der Waals surface area contributed by atoms with Gasteiger partial charge < -0.3 is 15.6 Å². The lowest BCUT2D eigenvalue weighted by Crippen LogP contribution is -2.27. The third-order valence-corrected chi connectivity index (χ3v) is 6.47. The molecule has 0 fully saturated rings. The minimum absolute atomic E-state index is 0.0487. The Morgan fingerprint density at radius 3 is 2.33 bits per heavy atom. The summed E-state index contributed by atoms with van der Waals surface area (Å²) >= 11 is 0. The van der Waals surface area contributed by atoms with Gasteiger partial charge in [0.05, 0.1) is 17.9 Å². The summed E-state index contributed by atoms with van der Waals surface area (Å²) in [5, 5.41) is 11.5. The van der Waals surface area contributed by atoms with Crippen LogP contribution >= 0.6 is 0 Å². The lowest BCUT2D eigenvalue weighted by Gasteiger charge is -2.06. The zero-order valence-electron chi connectivity index (χ0n) is 22.1. The van der Waals surface area contributed by atoms with Gasteiger partial charge in [-0.3, -0.25) is 9.48 Å². The van der Waals surface area contributed by atoms with Crippen molar-refractivity contribution >= 4 is 11.9 Å². The number of nitrogen functional groups attached to an aromatic ring is 1. The van der Waals surface area contributed by atoms with E-state index in [2.05, 4.69) is 57.4 Å². The highest BCUT2D eigenvalue weighted by atomic mass is 16.1. The van der Waals surface area contributed by atoms with Crippen LogP contribution in [0.2, 0.25) is 0 Å². The van der Waals surface area contributed by atoms with E-state index in [0.717, 1.165) is 69.3 Å². The van der Waals surface area contributed by atoms with Crippen molar-refractivity contribution in [1.29, 1.82) is 0 Å². The molecule has 0 bridgehead atoms. The number of rotatable bonds is 17. The Balaban J connectivity index is 1.29. The number of anilines is 1. The van der Waals surface area contributed by atoms with Crippen LogP contribution in [0.4, 0.5) is 5.95 Å². The van der Waals surface area contributed by atoms with E-state index < -0.39 is 0 Å². The Morgan fingerprint density at radius 1 is 0.861 bits per heavy atom. The Morgan fingerprint density at radius 2 is 1.58 bits per heavy atom. The summed E-state index contributed by atoms with van der Waals surface area (Å²) in [6, 6.07) is 7.95. The quantitative estimate of drug-likeness (QED) is 0.258. The monoisotopic (exact) mass is 493 g/mol. The first-order chi connectivity index (χ1) is 17.6. The van der Waals surface area contributed by atoms with Crippen LogP contribution in [0.1, 0.15) is 92.5 Å². The van der Waals surface area contributed by atoms with Crippen molar-refractivity contribution in [3.63, 3.8) is 0 Å². The number of nitrogens with one attached hydrogen (secondary N) is 1. The summed E-state index contributed by atoms with van der Waals surface area (Å²) in [5.41, 5.74) is 10.1. The van der Waals surface area contributed by atoms with Crippen LogP contribution < -0.4 is 11.1 Å². The maximum Gasteiger partial charge on any atom is 0.251 e. The lowest BCUT2D eigenvalue weighted by atomic mass is 10.1. The van der Waals surface area contributed by atoms with Crippen molar-refractivity contribution in [2.24, 2.45) is 0 Å². The van der Waals surface area contributed by atoms with Crippen LogP contribution in [-0.4, -0.2) is 37.0 Å². The number of carbonyl (C=O) groups is 1. The van der Waals surface area contributed by atoms with Crippen molar-refractivity contribution in [3.05, 3.63) is 59.2 Å². The number of nitrogens with two attached hydrogens (primary N) is 1. The normalized spacial score (nSPS) is 11.2. The maximum atomic E-state index is 12.4. The van der Waals surface area contributed by atoms with E-state index in [0.29, 0.717) is 24.6 Å². The van der Waals surface area contributed by atoms with Gasteiger partial charge in [-0.15, -0.1) is 5.10 Å². The molecule has 2 aromatic heterocycles. The second-order valence-corrected chi connectivity index (χ2v) is 9.58. The maximum absolute atomic E-state index is 12.4. The molecule has 1 aromatic carbocycles. The van der Waals surface area contributed by atoms with Crippen LogP contribution in [0.15, 0.2) is 36.7 Å². The Kier molecular flexibility index (Phi) is 11.5. The molecule has 0 saturated heterocycles. The van der Waals surface area contributed by atoms with Gasteiger partial charge in [-0.05, 0) is 62.6 Å². The minimum atomic E-state index is -0.0487. The molecule has 0 saturated carbocycles. The fraction of sp³-hybridized carbons (Fsp3) is 0.571. The number of nitrogens with zero attached hydrogens (tertiary/aromatic N) is 5. The van der Waals surface area contributed by atoms with Crippen LogP contribution in [0.5, 0.6) is 0 Å².